The topological polar surface area (TPSA) is 35.2 Å². The van der Waals surface area contributed by atoms with Crippen molar-refractivity contribution in [3.05, 3.63) is 42.0 Å². The third kappa shape index (κ3) is 2.98. The lowest BCUT2D eigenvalue weighted by atomic mass is 10.0. The maximum Gasteiger partial charge on any atom is 0.119 e. The van der Waals surface area contributed by atoms with Crippen molar-refractivity contribution in [1.82, 2.24) is 0 Å². The molecule has 0 aliphatic carbocycles. The summed E-state index contributed by atoms with van der Waals surface area (Å²) in [6.45, 7) is 3.58. The van der Waals surface area contributed by atoms with Crippen LogP contribution in [0.4, 0.5) is 0 Å². The van der Waals surface area contributed by atoms with Gasteiger partial charge in [-0.2, -0.15) is 0 Å². The van der Waals surface area contributed by atoms with Gasteiger partial charge in [0.1, 0.15) is 5.75 Å². The zero-order valence-electron chi connectivity index (χ0n) is 10.3. The maximum absolute atomic E-state index is 5.62. The number of rotatable bonds is 5. The Labute approximate surface area is 102 Å². The molecule has 0 amide bonds. The summed E-state index contributed by atoms with van der Waals surface area (Å²) in [7, 11) is 0. The van der Waals surface area contributed by atoms with Crippen molar-refractivity contribution in [2.24, 2.45) is 5.73 Å². The highest BCUT2D eigenvalue weighted by atomic mass is 16.5. The summed E-state index contributed by atoms with van der Waals surface area (Å²) < 4.78 is 5.62. The van der Waals surface area contributed by atoms with Crippen LogP contribution in [-0.4, -0.2) is 13.2 Å². The van der Waals surface area contributed by atoms with Gasteiger partial charge in [-0.1, -0.05) is 31.2 Å². The van der Waals surface area contributed by atoms with E-state index in [0.717, 1.165) is 25.2 Å². The lowest BCUT2D eigenvalue weighted by molar-refractivity contribution is 0.318. The third-order valence-electron chi connectivity index (χ3n) is 2.78. The molecule has 2 nitrogen and oxygen atoms in total. The molecule has 2 heteroatoms. The van der Waals surface area contributed by atoms with E-state index in [9.17, 15) is 0 Å². The van der Waals surface area contributed by atoms with Crippen LogP contribution in [-0.2, 0) is 6.42 Å². The molecule has 0 heterocycles. The average molecular weight is 229 g/mol. The van der Waals surface area contributed by atoms with Crippen LogP contribution in [0.3, 0.4) is 0 Å². The second-order valence-corrected chi connectivity index (χ2v) is 4.23. The maximum atomic E-state index is 5.62. The molecule has 2 N–H and O–H groups in total. The number of ether oxygens (including phenoxy) is 1. The van der Waals surface area contributed by atoms with Gasteiger partial charge in [0.25, 0.3) is 0 Å². The predicted molar refractivity (Wildman–Crippen MR) is 72.5 cm³/mol. The first-order valence-corrected chi connectivity index (χ1v) is 6.19. The Balaban J connectivity index is 2.26. The Hall–Kier alpha value is -1.54. The molecule has 0 atom stereocenters. The van der Waals surface area contributed by atoms with Crippen molar-refractivity contribution in [2.45, 2.75) is 19.8 Å². The van der Waals surface area contributed by atoms with Crippen LogP contribution in [0.25, 0.3) is 10.8 Å². The fraction of sp³-hybridized carbons (Fsp3) is 0.333. The SMILES string of the molecule is CCCOc1ccc2cc(CCN)ccc2c1. The van der Waals surface area contributed by atoms with Gasteiger partial charge in [0.15, 0.2) is 0 Å². The van der Waals surface area contributed by atoms with Crippen molar-refractivity contribution >= 4 is 10.8 Å². The summed E-state index contributed by atoms with van der Waals surface area (Å²) in [5.74, 6) is 0.950. The number of hydrogen-bond donors (Lipinski definition) is 1. The first kappa shape index (κ1) is 11.9. The second kappa shape index (κ2) is 5.69. The lowest BCUT2D eigenvalue weighted by Crippen LogP contribution is -2.02. The van der Waals surface area contributed by atoms with Gasteiger partial charge in [0.05, 0.1) is 6.61 Å². The molecule has 0 radical (unpaired) electrons. The van der Waals surface area contributed by atoms with Crippen LogP contribution in [0, 0.1) is 0 Å². The second-order valence-electron chi connectivity index (χ2n) is 4.23. The van der Waals surface area contributed by atoms with Gasteiger partial charge in [-0.3, -0.25) is 0 Å². The van der Waals surface area contributed by atoms with Crippen LogP contribution in [0.2, 0.25) is 0 Å². The van der Waals surface area contributed by atoms with Gasteiger partial charge in [0, 0.05) is 0 Å². The van der Waals surface area contributed by atoms with Gasteiger partial charge in [-0.15, -0.1) is 0 Å². The molecular formula is C15H19NO. The highest BCUT2D eigenvalue weighted by Gasteiger charge is 1.99. The van der Waals surface area contributed by atoms with E-state index in [1.165, 1.54) is 16.3 Å². The first-order valence-electron chi connectivity index (χ1n) is 6.19. The Morgan fingerprint density at radius 3 is 2.59 bits per heavy atom. The summed E-state index contributed by atoms with van der Waals surface area (Å²) in [4.78, 5) is 0. The molecule has 0 aliphatic heterocycles. The van der Waals surface area contributed by atoms with E-state index in [1.807, 2.05) is 6.07 Å². The predicted octanol–water partition coefficient (Wildman–Crippen LogP) is 3.13. The number of benzene rings is 2. The highest BCUT2D eigenvalue weighted by molar-refractivity contribution is 5.84. The minimum atomic E-state index is 0.698. The van der Waals surface area contributed by atoms with E-state index in [2.05, 4.69) is 37.3 Å². The molecule has 0 spiro atoms. The van der Waals surface area contributed by atoms with E-state index in [0.29, 0.717) is 6.54 Å². The Morgan fingerprint density at radius 2 is 1.82 bits per heavy atom. The van der Waals surface area contributed by atoms with Crippen molar-refractivity contribution in [2.75, 3.05) is 13.2 Å². The summed E-state index contributed by atoms with van der Waals surface area (Å²) in [5.41, 5.74) is 6.86. The molecule has 0 aromatic heterocycles. The van der Waals surface area contributed by atoms with E-state index in [-0.39, 0.29) is 0 Å². The molecule has 0 unspecified atom stereocenters. The Kier molecular flexibility index (Phi) is 3.99. The largest absolute Gasteiger partial charge is 0.494 e. The van der Waals surface area contributed by atoms with E-state index in [4.69, 9.17) is 10.5 Å². The van der Waals surface area contributed by atoms with Crippen LogP contribution < -0.4 is 10.5 Å². The Bertz CT molecular complexity index is 493. The average Bonchev–Trinajstić information content (AvgIpc) is 2.36. The van der Waals surface area contributed by atoms with Crippen molar-refractivity contribution < 1.29 is 4.74 Å². The van der Waals surface area contributed by atoms with Crippen molar-refractivity contribution in [3.8, 4) is 5.75 Å². The molecule has 0 saturated carbocycles. The fourth-order valence-electron chi connectivity index (χ4n) is 1.91. The van der Waals surface area contributed by atoms with Crippen LogP contribution in [0.1, 0.15) is 18.9 Å². The Morgan fingerprint density at radius 1 is 1.06 bits per heavy atom. The molecular weight excluding hydrogens is 210 g/mol. The number of hydrogen-bond acceptors (Lipinski definition) is 2. The quantitative estimate of drug-likeness (QED) is 0.855. The standard InChI is InChI=1S/C15H19NO/c1-2-9-17-15-6-5-13-10-12(7-8-16)3-4-14(13)11-15/h3-6,10-11H,2,7-9,16H2,1H3. The van der Waals surface area contributed by atoms with E-state index >= 15 is 0 Å². The minimum Gasteiger partial charge on any atom is -0.494 e. The molecule has 2 aromatic rings. The molecule has 17 heavy (non-hydrogen) atoms. The zero-order valence-corrected chi connectivity index (χ0v) is 10.3. The van der Waals surface area contributed by atoms with Crippen LogP contribution in [0.15, 0.2) is 36.4 Å². The minimum absolute atomic E-state index is 0.698. The highest BCUT2D eigenvalue weighted by Crippen LogP contribution is 2.22. The fourth-order valence-corrected chi connectivity index (χ4v) is 1.91. The molecule has 90 valence electrons. The van der Waals surface area contributed by atoms with E-state index in [1.54, 1.807) is 0 Å². The smallest absolute Gasteiger partial charge is 0.119 e. The van der Waals surface area contributed by atoms with Gasteiger partial charge in [0.2, 0.25) is 0 Å². The summed E-state index contributed by atoms with van der Waals surface area (Å²) in [6.07, 6.45) is 1.97. The molecule has 0 saturated heterocycles. The number of fused-ring (bicyclic) bond motifs is 1. The van der Waals surface area contributed by atoms with E-state index < -0.39 is 0 Å². The zero-order chi connectivity index (χ0) is 12.1. The molecule has 0 aliphatic rings. The summed E-state index contributed by atoms with van der Waals surface area (Å²) in [5, 5.41) is 2.47. The first-order chi connectivity index (χ1) is 8.33. The van der Waals surface area contributed by atoms with Crippen LogP contribution in [0.5, 0.6) is 5.75 Å². The van der Waals surface area contributed by atoms with Crippen molar-refractivity contribution in [3.63, 3.8) is 0 Å². The molecule has 2 aromatic carbocycles. The normalized spacial score (nSPS) is 10.7. The molecule has 2 rings (SSSR count). The molecule has 0 fully saturated rings. The number of nitrogens with two attached hydrogens (primary N) is 1. The third-order valence-corrected chi connectivity index (χ3v) is 2.78. The van der Waals surface area contributed by atoms with Gasteiger partial charge < -0.3 is 10.5 Å². The monoisotopic (exact) mass is 229 g/mol. The summed E-state index contributed by atoms with van der Waals surface area (Å²) >= 11 is 0. The molecule has 0 bridgehead atoms. The summed E-state index contributed by atoms with van der Waals surface area (Å²) in [6, 6.07) is 12.7. The van der Waals surface area contributed by atoms with Gasteiger partial charge >= 0.3 is 0 Å². The van der Waals surface area contributed by atoms with Gasteiger partial charge in [-0.25, -0.2) is 0 Å². The van der Waals surface area contributed by atoms with Crippen LogP contribution >= 0.6 is 0 Å². The van der Waals surface area contributed by atoms with Gasteiger partial charge in [-0.05, 0) is 47.9 Å². The van der Waals surface area contributed by atoms with Crippen molar-refractivity contribution in [1.29, 1.82) is 0 Å². The lowest BCUT2D eigenvalue weighted by Gasteiger charge is -2.07.